The Balaban J connectivity index is -0.0000000133. The largest absolute Gasteiger partial charge is 0.545 e. The van der Waals surface area contributed by atoms with Crippen LogP contribution in [0.1, 0.15) is 0 Å². The van der Waals surface area contributed by atoms with Crippen LogP contribution in [-0.2, 0) is 21.6 Å². The molecule has 0 saturated carbocycles. The summed E-state index contributed by atoms with van der Waals surface area (Å²) in [7, 11) is 0. The van der Waals surface area contributed by atoms with Crippen molar-refractivity contribution in [1.29, 1.82) is 0 Å². The van der Waals surface area contributed by atoms with Gasteiger partial charge in [-0.25, -0.2) is 0 Å². The van der Waals surface area contributed by atoms with E-state index in [-0.39, 0.29) is 16.8 Å². The van der Waals surface area contributed by atoms with Crippen LogP contribution >= 0.6 is 0 Å². The standard InChI is InChI=1S/C2H2.CHO.Co/c2*1-2;/h1-2H;1H;/q;-1;. The van der Waals surface area contributed by atoms with Crippen LogP contribution in [0.15, 0.2) is 0 Å². The number of hydrogen-bond acceptors (Lipinski definition) is 1. The number of hydrogen-bond donors (Lipinski definition) is 0. The maximum absolute atomic E-state index is 7.75. The molecule has 0 rings (SSSR count). The Morgan fingerprint density at radius 1 is 1.20 bits per heavy atom. The maximum atomic E-state index is 7.75. The van der Waals surface area contributed by atoms with Crippen molar-refractivity contribution >= 4 is 6.79 Å². The molecule has 0 aromatic rings. The van der Waals surface area contributed by atoms with Crippen molar-refractivity contribution in [2.75, 3.05) is 0 Å². The topological polar surface area (TPSA) is 17.1 Å². The van der Waals surface area contributed by atoms with E-state index in [1.165, 1.54) is 0 Å². The molecule has 0 aliphatic rings. The summed E-state index contributed by atoms with van der Waals surface area (Å²) in [6, 6.07) is 0. The molecule has 0 atom stereocenters. The van der Waals surface area contributed by atoms with E-state index in [1.54, 1.807) is 0 Å². The normalized spacial score (nSPS) is 1.20. The molecule has 0 aromatic heterocycles. The number of terminal acetylenes is 1. The summed E-state index contributed by atoms with van der Waals surface area (Å²) < 4.78 is 0. The van der Waals surface area contributed by atoms with Gasteiger partial charge in [0.25, 0.3) is 0 Å². The zero-order valence-corrected chi connectivity index (χ0v) is 3.51. The Hall–Kier alpha value is -0.264. The molecular formula is C3H3CoO-. The van der Waals surface area contributed by atoms with Crippen LogP contribution in [0, 0.1) is 12.8 Å². The van der Waals surface area contributed by atoms with Gasteiger partial charge in [0.15, 0.2) is 0 Å². The molecule has 31 valence electrons. The fourth-order valence-corrected chi connectivity index (χ4v) is 0. The zero-order valence-electron chi connectivity index (χ0n) is 2.47. The maximum Gasteiger partial charge on any atom is 0 e. The summed E-state index contributed by atoms with van der Waals surface area (Å²) in [5.74, 6) is 0. The van der Waals surface area contributed by atoms with Crippen molar-refractivity contribution in [3.8, 4) is 12.8 Å². The molecule has 0 unspecified atom stereocenters. The first-order valence-corrected chi connectivity index (χ1v) is 0.569. The summed E-state index contributed by atoms with van der Waals surface area (Å²) >= 11 is 0. The van der Waals surface area contributed by atoms with Gasteiger partial charge in [-0.2, -0.15) is 0 Å². The third-order valence-electron chi connectivity index (χ3n) is 0. The summed E-state index contributed by atoms with van der Waals surface area (Å²) in [5.41, 5.74) is 0. The minimum atomic E-state index is 0. The Morgan fingerprint density at radius 2 is 1.20 bits per heavy atom. The van der Waals surface area contributed by atoms with E-state index in [9.17, 15) is 0 Å². The van der Waals surface area contributed by atoms with Crippen molar-refractivity contribution in [3.05, 3.63) is 0 Å². The van der Waals surface area contributed by atoms with Crippen molar-refractivity contribution in [1.82, 2.24) is 0 Å². The fraction of sp³-hybridized carbons (Fsp3) is 0. The van der Waals surface area contributed by atoms with Crippen molar-refractivity contribution in [3.63, 3.8) is 0 Å². The molecule has 0 spiro atoms. The second-order valence-corrected chi connectivity index (χ2v) is 0. The van der Waals surface area contributed by atoms with Gasteiger partial charge in [-0.3, -0.25) is 6.79 Å². The van der Waals surface area contributed by atoms with Crippen LogP contribution in [-0.4, -0.2) is 6.79 Å². The van der Waals surface area contributed by atoms with Gasteiger partial charge < -0.3 is 4.79 Å². The van der Waals surface area contributed by atoms with E-state index in [1.807, 2.05) is 0 Å². The monoisotopic (exact) mass is 114 g/mol. The van der Waals surface area contributed by atoms with Crippen LogP contribution in [0.25, 0.3) is 0 Å². The van der Waals surface area contributed by atoms with E-state index >= 15 is 0 Å². The van der Waals surface area contributed by atoms with Crippen LogP contribution in [0.5, 0.6) is 0 Å². The predicted molar refractivity (Wildman–Crippen MR) is 16.6 cm³/mol. The van der Waals surface area contributed by atoms with E-state index in [4.69, 9.17) is 4.79 Å². The molecule has 1 radical (unpaired) electrons. The van der Waals surface area contributed by atoms with Gasteiger partial charge >= 0.3 is 0 Å². The van der Waals surface area contributed by atoms with E-state index in [2.05, 4.69) is 19.6 Å². The van der Waals surface area contributed by atoms with Gasteiger partial charge in [0.2, 0.25) is 0 Å². The molecule has 0 heterocycles. The average Bonchev–Trinajstić information content (AvgIpc) is 1.50. The summed E-state index contributed by atoms with van der Waals surface area (Å²) in [6.45, 7) is 3.25. The first kappa shape index (κ1) is 21.9. The summed E-state index contributed by atoms with van der Waals surface area (Å²) in [4.78, 5) is 7.75. The molecule has 0 aliphatic heterocycles. The van der Waals surface area contributed by atoms with Crippen LogP contribution in [0.2, 0.25) is 0 Å². The van der Waals surface area contributed by atoms with Crippen molar-refractivity contribution in [2.45, 2.75) is 0 Å². The Kier molecular flexibility index (Phi) is 1770. The van der Waals surface area contributed by atoms with E-state index < -0.39 is 0 Å². The molecular weight excluding hydrogens is 111 g/mol. The van der Waals surface area contributed by atoms with Crippen LogP contribution in [0.3, 0.4) is 0 Å². The Morgan fingerprint density at radius 3 is 1.20 bits per heavy atom. The molecule has 0 N–H and O–H groups in total. The average molecular weight is 114 g/mol. The molecule has 5 heavy (non-hydrogen) atoms. The van der Waals surface area contributed by atoms with Gasteiger partial charge in [0.05, 0.1) is 0 Å². The summed E-state index contributed by atoms with van der Waals surface area (Å²) in [5, 5.41) is 0. The quantitative estimate of drug-likeness (QED) is 0.245. The van der Waals surface area contributed by atoms with Crippen molar-refractivity contribution < 1.29 is 21.6 Å². The molecule has 0 saturated heterocycles. The molecule has 2 heteroatoms. The summed E-state index contributed by atoms with van der Waals surface area (Å²) in [6.07, 6.45) is 8.00. The molecule has 0 fully saturated rings. The first-order valence-electron chi connectivity index (χ1n) is 0.569. The van der Waals surface area contributed by atoms with Gasteiger partial charge in [0.1, 0.15) is 0 Å². The Labute approximate surface area is 42.0 Å². The van der Waals surface area contributed by atoms with E-state index in [0.29, 0.717) is 0 Å². The molecule has 0 amide bonds. The second kappa shape index (κ2) is 403. The molecule has 1 nitrogen and oxygen atoms in total. The molecule has 0 aliphatic carbocycles. The number of rotatable bonds is 0. The molecule has 0 aromatic carbocycles. The smallest absolute Gasteiger partial charge is 0 e. The minimum absolute atomic E-state index is 0. The SMILES string of the molecule is C#C.[CH-]=O.[Co]. The Bertz CT molecular complexity index is 18.1. The fourth-order valence-electron chi connectivity index (χ4n) is 0. The van der Waals surface area contributed by atoms with Crippen LogP contribution in [0.4, 0.5) is 0 Å². The predicted octanol–water partition coefficient (Wildman–Crippen LogP) is -0.0272. The van der Waals surface area contributed by atoms with Crippen molar-refractivity contribution in [2.24, 2.45) is 0 Å². The molecule has 0 bridgehead atoms. The van der Waals surface area contributed by atoms with Gasteiger partial charge in [-0.1, -0.05) is 0 Å². The third kappa shape index (κ3) is 162. The number of carbonyl (C=O) groups excluding carboxylic acids is 1. The zero-order chi connectivity index (χ0) is 4.00. The van der Waals surface area contributed by atoms with Gasteiger partial charge in [-0.05, 0) is 0 Å². The second-order valence-electron chi connectivity index (χ2n) is 0. The first-order chi connectivity index (χ1) is 2.00. The minimum Gasteiger partial charge on any atom is -0.545 e. The van der Waals surface area contributed by atoms with Gasteiger partial charge in [-0.15, -0.1) is 12.8 Å². The third-order valence-corrected chi connectivity index (χ3v) is 0. The van der Waals surface area contributed by atoms with Crippen LogP contribution < -0.4 is 0 Å². The van der Waals surface area contributed by atoms with Gasteiger partial charge in [0, 0.05) is 16.8 Å². The van der Waals surface area contributed by atoms with E-state index in [0.717, 1.165) is 0 Å².